The van der Waals surface area contributed by atoms with Gasteiger partial charge in [-0.3, -0.25) is 0 Å². The SMILES string of the molecule is COc1ccccc1[C@H](C)NC(=O)N(C)C(C1CC1)C1CC1. The Balaban J connectivity index is 1.65. The zero-order valence-corrected chi connectivity index (χ0v) is 13.7. The van der Waals surface area contributed by atoms with Gasteiger partial charge in [-0.2, -0.15) is 0 Å². The molecular formula is C18H26N2O2. The Hall–Kier alpha value is -1.71. The molecule has 1 atom stereocenters. The number of hydrogen-bond acceptors (Lipinski definition) is 2. The Morgan fingerprint density at radius 3 is 2.36 bits per heavy atom. The summed E-state index contributed by atoms with van der Waals surface area (Å²) in [6, 6.07) is 8.25. The van der Waals surface area contributed by atoms with Crippen molar-refractivity contribution in [1.82, 2.24) is 10.2 Å². The molecule has 4 nitrogen and oxygen atoms in total. The lowest BCUT2D eigenvalue weighted by Crippen LogP contribution is -2.46. The number of benzene rings is 1. The van der Waals surface area contributed by atoms with Gasteiger partial charge in [0.05, 0.1) is 13.2 Å². The minimum absolute atomic E-state index is 0.0298. The highest BCUT2D eigenvalue weighted by Gasteiger charge is 2.45. The van der Waals surface area contributed by atoms with Crippen LogP contribution in [0.25, 0.3) is 0 Å². The number of methoxy groups -OCH3 is 1. The van der Waals surface area contributed by atoms with E-state index in [-0.39, 0.29) is 12.1 Å². The summed E-state index contributed by atoms with van der Waals surface area (Å²) in [6.45, 7) is 2.01. The normalized spacial score (nSPS) is 18.9. The third-order valence-corrected chi connectivity index (χ3v) is 4.92. The van der Waals surface area contributed by atoms with Crippen LogP contribution >= 0.6 is 0 Å². The van der Waals surface area contributed by atoms with E-state index in [9.17, 15) is 4.79 Å². The van der Waals surface area contributed by atoms with Gasteiger partial charge in [-0.15, -0.1) is 0 Å². The lowest BCUT2D eigenvalue weighted by Gasteiger charge is -2.30. The molecule has 120 valence electrons. The van der Waals surface area contributed by atoms with Gasteiger partial charge in [0.2, 0.25) is 0 Å². The summed E-state index contributed by atoms with van der Waals surface area (Å²) in [4.78, 5) is 14.6. The van der Waals surface area contributed by atoms with Crippen molar-refractivity contribution in [2.75, 3.05) is 14.2 Å². The van der Waals surface area contributed by atoms with Gasteiger partial charge in [0.15, 0.2) is 0 Å². The molecule has 1 aromatic rings. The van der Waals surface area contributed by atoms with Crippen molar-refractivity contribution in [1.29, 1.82) is 0 Å². The quantitative estimate of drug-likeness (QED) is 0.872. The summed E-state index contributed by atoms with van der Waals surface area (Å²) in [5.74, 6) is 2.27. The predicted molar refractivity (Wildman–Crippen MR) is 86.9 cm³/mol. The first-order valence-corrected chi connectivity index (χ1v) is 8.28. The van der Waals surface area contributed by atoms with Gasteiger partial charge in [-0.25, -0.2) is 4.79 Å². The molecule has 0 heterocycles. The van der Waals surface area contributed by atoms with Gasteiger partial charge in [-0.05, 0) is 50.5 Å². The molecule has 0 aromatic heterocycles. The predicted octanol–water partition coefficient (Wildman–Crippen LogP) is 3.59. The lowest BCUT2D eigenvalue weighted by atomic mass is 10.1. The minimum atomic E-state index is -0.0647. The van der Waals surface area contributed by atoms with Crippen LogP contribution in [0.1, 0.15) is 44.2 Å². The van der Waals surface area contributed by atoms with Crippen LogP contribution in [0.4, 0.5) is 4.79 Å². The highest BCUT2D eigenvalue weighted by Crippen LogP contribution is 2.46. The number of nitrogens with one attached hydrogen (secondary N) is 1. The Labute approximate surface area is 132 Å². The molecule has 2 saturated carbocycles. The molecule has 2 fully saturated rings. The van der Waals surface area contributed by atoms with Crippen LogP contribution in [-0.2, 0) is 0 Å². The summed E-state index contributed by atoms with van der Waals surface area (Å²) in [6.07, 6.45) is 5.11. The molecule has 22 heavy (non-hydrogen) atoms. The topological polar surface area (TPSA) is 41.6 Å². The Morgan fingerprint density at radius 2 is 1.82 bits per heavy atom. The van der Waals surface area contributed by atoms with Gasteiger partial charge in [0.1, 0.15) is 5.75 Å². The zero-order valence-electron chi connectivity index (χ0n) is 13.7. The van der Waals surface area contributed by atoms with E-state index in [1.807, 2.05) is 43.1 Å². The van der Waals surface area contributed by atoms with Crippen LogP contribution in [0.5, 0.6) is 5.75 Å². The highest BCUT2D eigenvalue weighted by molar-refractivity contribution is 5.75. The maximum atomic E-state index is 12.6. The number of ether oxygens (including phenoxy) is 1. The molecule has 2 amide bonds. The number of amides is 2. The van der Waals surface area contributed by atoms with E-state index in [0.29, 0.717) is 6.04 Å². The molecule has 3 rings (SSSR count). The van der Waals surface area contributed by atoms with Crippen LogP contribution in [0.15, 0.2) is 24.3 Å². The minimum Gasteiger partial charge on any atom is -0.496 e. The average Bonchev–Trinajstić information content (AvgIpc) is 3.41. The first-order chi connectivity index (χ1) is 10.6. The Morgan fingerprint density at radius 1 is 1.23 bits per heavy atom. The fourth-order valence-corrected chi connectivity index (χ4v) is 3.42. The van der Waals surface area contributed by atoms with Crippen LogP contribution in [-0.4, -0.2) is 31.1 Å². The Bertz CT molecular complexity index is 526. The molecule has 0 spiro atoms. The highest BCUT2D eigenvalue weighted by atomic mass is 16.5. The standard InChI is InChI=1S/C18H26N2O2/c1-12(15-6-4-5-7-16(15)22-3)19-18(21)20(2)17(13-8-9-13)14-10-11-14/h4-7,12-14,17H,8-11H2,1-3H3,(H,19,21)/t12-/m0/s1. The third kappa shape index (κ3) is 3.21. The Kier molecular flexibility index (Phi) is 4.27. The summed E-state index contributed by atoms with van der Waals surface area (Å²) < 4.78 is 5.39. The van der Waals surface area contributed by atoms with E-state index < -0.39 is 0 Å². The second-order valence-corrected chi connectivity index (χ2v) is 6.69. The van der Waals surface area contributed by atoms with Gasteiger partial charge in [0, 0.05) is 18.7 Å². The third-order valence-electron chi connectivity index (χ3n) is 4.92. The van der Waals surface area contributed by atoms with Crippen LogP contribution in [0.3, 0.4) is 0 Å². The van der Waals surface area contributed by atoms with E-state index in [1.54, 1.807) is 7.11 Å². The summed E-state index contributed by atoms with van der Waals surface area (Å²) >= 11 is 0. The van der Waals surface area contributed by atoms with Crippen LogP contribution in [0, 0.1) is 11.8 Å². The monoisotopic (exact) mass is 302 g/mol. The van der Waals surface area contributed by atoms with Crippen molar-refractivity contribution in [2.45, 2.75) is 44.7 Å². The number of hydrogen-bond donors (Lipinski definition) is 1. The van der Waals surface area contributed by atoms with Crippen molar-refractivity contribution >= 4 is 6.03 Å². The first-order valence-electron chi connectivity index (χ1n) is 8.28. The van der Waals surface area contributed by atoms with E-state index >= 15 is 0 Å². The molecule has 1 N–H and O–H groups in total. The molecule has 0 unspecified atom stereocenters. The van der Waals surface area contributed by atoms with Crippen LogP contribution in [0.2, 0.25) is 0 Å². The fourth-order valence-electron chi connectivity index (χ4n) is 3.42. The van der Waals surface area contributed by atoms with Crippen molar-refractivity contribution in [3.8, 4) is 5.75 Å². The summed E-state index contributed by atoms with van der Waals surface area (Å²) in [5.41, 5.74) is 1.01. The van der Waals surface area contributed by atoms with E-state index in [1.165, 1.54) is 25.7 Å². The number of carbonyl (C=O) groups is 1. The number of carbonyl (C=O) groups excluding carboxylic acids is 1. The largest absolute Gasteiger partial charge is 0.496 e. The van der Waals surface area contributed by atoms with E-state index in [0.717, 1.165) is 23.1 Å². The van der Waals surface area contributed by atoms with Crippen molar-refractivity contribution in [3.05, 3.63) is 29.8 Å². The maximum Gasteiger partial charge on any atom is 0.317 e. The fraction of sp³-hybridized carbons (Fsp3) is 0.611. The van der Waals surface area contributed by atoms with Crippen molar-refractivity contribution < 1.29 is 9.53 Å². The maximum absolute atomic E-state index is 12.6. The number of urea groups is 1. The van der Waals surface area contributed by atoms with Crippen molar-refractivity contribution in [2.24, 2.45) is 11.8 Å². The summed E-state index contributed by atoms with van der Waals surface area (Å²) in [7, 11) is 3.61. The second kappa shape index (κ2) is 6.19. The number of para-hydroxylation sites is 1. The zero-order chi connectivity index (χ0) is 15.7. The molecule has 1 aromatic carbocycles. The second-order valence-electron chi connectivity index (χ2n) is 6.69. The van der Waals surface area contributed by atoms with Gasteiger partial charge in [-0.1, -0.05) is 18.2 Å². The lowest BCUT2D eigenvalue weighted by molar-refractivity contribution is 0.171. The van der Waals surface area contributed by atoms with E-state index in [4.69, 9.17) is 4.74 Å². The molecule has 2 aliphatic carbocycles. The van der Waals surface area contributed by atoms with Gasteiger partial charge >= 0.3 is 6.03 Å². The number of nitrogens with zero attached hydrogens (tertiary/aromatic N) is 1. The summed E-state index contributed by atoms with van der Waals surface area (Å²) in [5, 5.41) is 3.12. The van der Waals surface area contributed by atoms with Gasteiger partial charge < -0.3 is 15.0 Å². The molecular weight excluding hydrogens is 276 g/mol. The van der Waals surface area contributed by atoms with Crippen molar-refractivity contribution in [3.63, 3.8) is 0 Å². The average molecular weight is 302 g/mol. The molecule has 0 bridgehead atoms. The molecule has 4 heteroatoms. The van der Waals surface area contributed by atoms with Crippen LogP contribution < -0.4 is 10.1 Å². The first kappa shape index (κ1) is 15.2. The number of rotatable bonds is 6. The molecule has 0 radical (unpaired) electrons. The van der Waals surface area contributed by atoms with Gasteiger partial charge in [0.25, 0.3) is 0 Å². The smallest absolute Gasteiger partial charge is 0.317 e. The molecule has 0 aliphatic heterocycles. The molecule has 2 aliphatic rings. The molecule has 0 saturated heterocycles. The van der Waals surface area contributed by atoms with E-state index in [2.05, 4.69) is 5.32 Å².